The molecule has 0 spiro atoms. The molecule has 0 aliphatic rings. The number of allylic oxidation sites excluding steroid dienone is 12. The first kappa shape index (κ1) is 74.9. The topological polar surface area (TPSA) is 105 Å². The summed E-state index contributed by atoms with van der Waals surface area (Å²) in [6, 6.07) is -0.764. The molecule has 0 fully saturated rings. The van der Waals surface area contributed by atoms with Crippen molar-refractivity contribution in [3.63, 3.8) is 0 Å². The highest BCUT2D eigenvalue weighted by Gasteiger charge is 2.28. The van der Waals surface area contributed by atoms with Crippen LogP contribution in [0.2, 0.25) is 0 Å². The fourth-order valence-corrected chi connectivity index (χ4v) is 10.4. The highest BCUT2D eigenvalue weighted by Crippen LogP contribution is 2.43. The van der Waals surface area contributed by atoms with E-state index in [4.69, 9.17) is 9.05 Å². The number of rotatable bonds is 60. The second-order valence-electron chi connectivity index (χ2n) is 23.5. The summed E-state index contributed by atoms with van der Waals surface area (Å²) < 4.78 is 23.9. The molecule has 0 aliphatic heterocycles. The maximum absolute atomic E-state index is 13.0. The van der Waals surface area contributed by atoms with Crippen molar-refractivity contribution >= 4 is 13.7 Å². The molecule has 77 heavy (non-hydrogen) atoms. The summed E-state index contributed by atoms with van der Waals surface area (Å²) >= 11 is 0. The minimum atomic E-state index is -4.33. The summed E-state index contributed by atoms with van der Waals surface area (Å²) in [5.41, 5.74) is 0. The number of hydrogen-bond donors (Lipinski definition) is 3. The number of aliphatic hydroxyl groups excluding tert-OH is 1. The molecular weight excluding hydrogens is 972 g/mol. The van der Waals surface area contributed by atoms with Gasteiger partial charge in [0.1, 0.15) is 13.2 Å². The maximum Gasteiger partial charge on any atom is 0.472 e. The lowest BCUT2D eigenvalue weighted by atomic mass is 10.0. The monoisotopic (exact) mass is 1100 g/mol. The minimum absolute atomic E-state index is 0.0741. The van der Waals surface area contributed by atoms with E-state index < -0.39 is 20.0 Å². The van der Waals surface area contributed by atoms with Gasteiger partial charge in [0, 0.05) is 6.42 Å². The fraction of sp³-hybridized carbons (Fsp3) is 0.809. The Morgan fingerprint density at radius 1 is 0.455 bits per heavy atom. The lowest BCUT2D eigenvalue weighted by Crippen LogP contribution is -2.46. The van der Waals surface area contributed by atoms with E-state index in [0.717, 1.165) is 77.0 Å². The quantitative estimate of drug-likeness (QED) is 0.0243. The van der Waals surface area contributed by atoms with Gasteiger partial charge in [-0.15, -0.1) is 0 Å². The first-order valence-corrected chi connectivity index (χ1v) is 34.3. The van der Waals surface area contributed by atoms with Gasteiger partial charge in [0.2, 0.25) is 5.91 Å². The van der Waals surface area contributed by atoms with E-state index in [9.17, 15) is 19.4 Å². The first-order chi connectivity index (χ1) is 37.5. The second-order valence-corrected chi connectivity index (χ2v) is 24.9. The largest absolute Gasteiger partial charge is 0.472 e. The molecule has 1 amide bonds. The number of aliphatic hydroxyl groups is 1. The number of quaternary nitrogens is 1. The Morgan fingerprint density at radius 2 is 0.779 bits per heavy atom. The van der Waals surface area contributed by atoms with Gasteiger partial charge in [0.15, 0.2) is 0 Å². The number of likely N-dealkylation sites (N-methyl/N-ethyl adjacent to an activating group) is 1. The Morgan fingerprint density at radius 3 is 1.14 bits per heavy atom. The van der Waals surface area contributed by atoms with Gasteiger partial charge in [-0.05, 0) is 64.2 Å². The molecule has 0 aliphatic carbocycles. The van der Waals surface area contributed by atoms with Crippen molar-refractivity contribution in [3.05, 3.63) is 72.9 Å². The predicted octanol–water partition coefficient (Wildman–Crippen LogP) is 20.6. The van der Waals surface area contributed by atoms with Gasteiger partial charge in [-0.1, -0.05) is 305 Å². The lowest BCUT2D eigenvalue weighted by molar-refractivity contribution is -0.870. The number of amides is 1. The zero-order valence-electron chi connectivity index (χ0n) is 51.4. The van der Waals surface area contributed by atoms with E-state index in [0.29, 0.717) is 23.9 Å². The maximum atomic E-state index is 13.0. The van der Waals surface area contributed by atoms with E-state index in [-0.39, 0.29) is 19.1 Å². The van der Waals surface area contributed by atoms with Crippen LogP contribution in [0.5, 0.6) is 0 Å². The van der Waals surface area contributed by atoms with E-state index in [1.807, 2.05) is 21.1 Å². The van der Waals surface area contributed by atoms with Crippen molar-refractivity contribution in [1.82, 2.24) is 5.32 Å². The fourth-order valence-electron chi connectivity index (χ4n) is 9.64. The zero-order chi connectivity index (χ0) is 56.3. The summed E-state index contributed by atoms with van der Waals surface area (Å²) in [5, 5.41) is 14.1. The molecule has 8 nitrogen and oxygen atoms in total. The third kappa shape index (κ3) is 61.4. The number of carbonyl (C=O) groups excluding carboxylic acids is 1. The standard InChI is InChI=1S/C68H127N2O6P/c1-6-8-10-12-14-16-18-20-22-24-26-28-29-30-31-32-33-34-35-36-37-38-39-40-41-42-44-46-48-50-52-54-56-58-60-62-68(72)69-66(65-76-77(73,74)75-64-63-70(3,4)5)67(71)61-59-57-55-53-51-49-47-45-43-27-25-23-21-19-17-15-13-11-9-7-2/h8,10,14,16,20,22,26,28,30-31,33-34,66-67,71H,6-7,9,11-13,15,17-19,21,23-25,27,29,32,35-65H2,1-5H3,(H-,69,72,73,74)/p+1/b10-8-,16-14-,22-20-,28-26-,31-30-,34-33-. The van der Waals surface area contributed by atoms with Crippen molar-refractivity contribution < 1.29 is 32.9 Å². The molecule has 0 rings (SSSR count). The van der Waals surface area contributed by atoms with Gasteiger partial charge in [-0.2, -0.15) is 0 Å². The van der Waals surface area contributed by atoms with E-state index in [2.05, 4.69) is 92.1 Å². The third-order valence-electron chi connectivity index (χ3n) is 14.7. The average Bonchev–Trinajstić information content (AvgIpc) is 3.39. The Labute approximate surface area is 478 Å². The molecule has 0 radical (unpaired) electrons. The molecule has 0 heterocycles. The Balaban J connectivity index is 4.03. The van der Waals surface area contributed by atoms with Crippen LogP contribution in [-0.2, 0) is 18.4 Å². The van der Waals surface area contributed by atoms with E-state index in [1.165, 1.54) is 199 Å². The smallest absolute Gasteiger partial charge is 0.391 e. The molecule has 0 saturated heterocycles. The van der Waals surface area contributed by atoms with Gasteiger partial charge in [0.05, 0.1) is 39.9 Å². The molecule has 0 aromatic carbocycles. The Kier molecular flexibility index (Phi) is 57.0. The number of hydrogen-bond acceptors (Lipinski definition) is 5. The number of nitrogens with one attached hydrogen (secondary N) is 1. The molecule has 3 N–H and O–H groups in total. The number of nitrogens with zero attached hydrogens (tertiary/aromatic N) is 1. The number of phosphoric ester groups is 1. The van der Waals surface area contributed by atoms with Crippen LogP contribution in [0.3, 0.4) is 0 Å². The van der Waals surface area contributed by atoms with E-state index >= 15 is 0 Å². The third-order valence-corrected chi connectivity index (χ3v) is 15.7. The summed E-state index contributed by atoms with van der Waals surface area (Å²) in [5.74, 6) is -0.142. The zero-order valence-corrected chi connectivity index (χ0v) is 52.3. The van der Waals surface area contributed by atoms with Crippen LogP contribution in [-0.4, -0.2) is 73.4 Å². The summed E-state index contributed by atoms with van der Waals surface area (Å²) in [7, 11) is 1.62. The molecule has 0 aromatic heterocycles. The predicted molar refractivity (Wildman–Crippen MR) is 337 cm³/mol. The Hall–Kier alpha value is -2.06. The van der Waals surface area contributed by atoms with Crippen LogP contribution in [0.15, 0.2) is 72.9 Å². The molecule has 0 aromatic rings. The molecule has 0 bridgehead atoms. The number of carbonyl (C=O) groups is 1. The molecule has 3 unspecified atom stereocenters. The second kappa shape index (κ2) is 58.6. The summed E-state index contributed by atoms with van der Waals surface area (Å²) in [6.45, 7) is 4.81. The molecule has 9 heteroatoms. The number of phosphoric acid groups is 1. The van der Waals surface area contributed by atoms with Crippen molar-refractivity contribution in [2.75, 3.05) is 40.9 Å². The highest BCUT2D eigenvalue weighted by molar-refractivity contribution is 7.47. The van der Waals surface area contributed by atoms with Crippen LogP contribution >= 0.6 is 7.82 Å². The summed E-state index contributed by atoms with van der Waals surface area (Å²) in [4.78, 5) is 23.4. The molecular formula is C68H128N2O6P+. The minimum Gasteiger partial charge on any atom is -0.391 e. The van der Waals surface area contributed by atoms with Crippen LogP contribution in [0.25, 0.3) is 0 Å². The lowest BCUT2D eigenvalue weighted by Gasteiger charge is -2.26. The number of unbranched alkanes of at least 4 members (excludes halogenated alkanes) is 35. The first-order valence-electron chi connectivity index (χ1n) is 32.8. The SMILES string of the molecule is CC/C=C\C/C=C\C/C=C\C/C=C\C/C=C\C/C=C\CCCCCCCCCCCCCCCCCCC(=O)NC(COP(=O)(O)OCC[N+](C)(C)C)C(O)CCCCCCCCCCCCCCCCCCCCCC. The normalized spacial score (nSPS) is 14.2. The van der Waals surface area contributed by atoms with E-state index in [1.54, 1.807) is 0 Å². The van der Waals surface area contributed by atoms with Gasteiger partial charge >= 0.3 is 7.82 Å². The van der Waals surface area contributed by atoms with Crippen molar-refractivity contribution in [2.24, 2.45) is 0 Å². The van der Waals surface area contributed by atoms with Crippen molar-refractivity contribution in [3.8, 4) is 0 Å². The van der Waals surface area contributed by atoms with Crippen molar-refractivity contribution in [2.45, 2.75) is 315 Å². The molecule has 0 saturated carbocycles. The Bertz CT molecular complexity index is 1480. The summed E-state index contributed by atoms with van der Waals surface area (Å²) in [6.07, 6.45) is 81.2. The van der Waals surface area contributed by atoms with Crippen LogP contribution in [0.1, 0.15) is 303 Å². The van der Waals surface area contributed by atoms with Crippen LogP contribution in [0.4, 0.5) is 0 Å². The van der Waals surface area contributed by atoms with Gasteiger partial charge < -0.3 is 19.8 Å². The van der Waals surface area contributed by atoms with Crippen LogP contribution < -0.4 is 5.32 Å². The molecule has 3 atom stereocenters. The molecule has 450 valence electrons. The van der Waals surface area contributed by atoms with Gasteiger partial charge in [-0.25, -0.2) is 4.57 Å². The highest BCUT2D eigenvalue weighted by atomic mass is 31.2. The average molecular weight is 1100 g/mol. The van der Waals surface area contributed by atoms with Crippen molar-refractivity contribution in [1.29, 1.82) is 0 Å². The van der Waals surface area contributed by atoms with Gasteiger partial charge in [0.25, 0.3) is 0 Å². The van der Waals surface area contributed by atoms with Gasteiger partial charge in [-0.3, -0.25) is 13.8 Å². The van der Waals surface area contributed by atoms with Crippen LogP contribution in [0, 0.1) is 0 Å².